The van der Waals surface area contributed by atoms with E-state index in [1.165, 1.54) is 128 Å². The Morgan fingerprint density at radius 3 is 1.13 bits per heavy atom. The Hall–Kier alpha value is -8.46. The Bertz CT molecular complexity index is 4070. The van der Waals surface area contributed by atoms with E-state index in [4.69, 9.17) is 0 Å². The molecule has 3 aliphatic rings. The third kappa shape index (κ3) is 7.98. The zero-order chi connectivity index (χ0) is 53.8. The largest absolute Gasteiger partial charge is 0.310 e. The number of hydrogen-bond acceptors (Lipinski definition) is 2. The fourth-order valence-corrected chi connectivity index (χ4v) is 13.5. The molecule has 0 heterocycles. The highest BCUT2D eigenvalue weighted by molar-refractivity contribution is 5.90. The lowest BCUT2D eigenvalue weighted by Gasteiger charge is -2.30. The summed E-state index contributed by atoms with van der Waals surface area (Å²) < 4.78 is 0. The van der Waals surface area contributed by atoms with E-state index in [1.807, 2.05) is 0 Å². The maximum absolute atomic E-state index is 2.46. The average Bonchev–Trinajstić information content (AvgIpc) is 4.01. The Balaban J connectivity index is 0.779. The summed E-state index contributed by atoms with van der Waals surface area (Å²) in [6.07, 6.45) is 4.54. The first-order chi connectivity index (χ1) is 37.6. The Kier molecular flexibility index (Phi) is 11.6. The molecule has 0 saturated carbocycles. The molecule has 0 aliphatic heterocycles. The molecule has 0 unspecified atom stereocenters. The molecule has 10 aromatic rings. The highest BCUT2D eigenvalue weighted by Gasteiger charge is 2.39. The van der Waals surface area contributed by atoms with Gasteiger partial charge in [-0.15, -0.1) is 0 Å². The number of rotatable bonds is 10. The van der Waals surface area contributed by atoms with Crippen molar-refractivity contribution in [2.75, 3.05) is 9.80 Å². The molecule has 0 saturated heterocycles. The molecule has 13 rings (SSSR count). The second kappa shape index (κ2) is 18.3. The highest BCUT2D eigenvalue weighted by Crippen LogP contribution is 2.55. The summed E-state index contributed by atoms with van der Waals surface area (Å²) in [7, 11) is 0. The van der Waals surface area contributed by atoms with Crippen LogP contribution in [-0.2, 0) is 16.2 Å². The van der Waals surface area contributed by atoms with Crippen LogP contribution in [0.3, 0.4) is 0 Å². The zero-order valence-corrected chi connectivity index (χ0v) is 46.8. The van der Waals surface area contributed by atoms with Crippen LogP contribution in [0.25, 0.3) is 56.7 Å². The van der Waals surface area contributed by atoms with Gasteiger partial charge < -0.3 is 9.80 Å². The first-order valence-corrected chi connectivity index (χ1v) is 28.0. The molecule has 10 aromatic carbocycles. The third-order valence-corrected chi connectivity index (χ3v) is 17.7. The minimum Gasteiger partial charge on any atom is -0.310 e. The SMILES string of the molecule is Cc1cccc(N(c2ccc(-c3ccc(C=Cc4ccc5c(c4)C(C)(C)c4cc(N(c6cccc(C)c6)c6ccc7c(c6)C(C)(C)c6ccccc6-7)ccc4-5)cc3)c(C(C)C)c2)c2ccc3c(c2)C(C)(C)c2ccccc2-3)c1. The van der Waals surface area contributed by atoms with Crippen molar-refractivity contribution >= 4 is 46.3 Å². The summed E-state index contributed by atoms with van der Waals surface area (Å²) in [4.78, 5) is 4.90. The van der Waals surface area contributed by atoms with E-state index in [9.17, 15) is 0 Å². The predicted molar refractivity (Wildman–Crippen MR) is 333 cm³/mol. The fourth-order valence-electron chi connectivity index (χ4n) is 13.5. The highest BCUT2D eigenvalue weighted by atomic mass is 15.1. The van der Waals surface area contributed by atoms with Crippen LogP contribution < -0.4 is 9.80 Å². The summed E-state index contributed by atoms with van der Waals surface area (Å²) >= 11 is 0. The Morgan fingerprint density at radius 1 is 0.308 bits per heavy atom. The van der Waals surface area contributed by atoms with E-state index in [2.05, 4.69) is 304 Å². The second-order valence-electron chi connectivity index (χ2n) is 24.2. The van der Waals surface area contributed by atoms with Crippen molar-refractivity contribution in [3.05, 3.63) is 274 Å². The first-order valence-electron chi connectivity index (χ1n) is 28.0. The summed E-state index contributed by atoms with van der Waals surface area (Å²) in [5.41, 5.74) is 31.6. The van der Waals surface area contributed by atoms with Crippen LogP contribution in [0.15, 0.2) is 212 Å². The van der Waals surface area contributed by atoms with Crippen LogP contribution in [0, 0.1) is 13.8 Å². The van der Waals surface area contributed by atoms with Gasteiger partial charge in [0.05, 0.1) is 0 Å². The number of benzene rings is 10. The van der Waals surface area contributed by atoms with Gasteiger partial charge in [-0.3, -0.25) is 0 Å². The molecular weight excluding hydrogens is 941 g/mol. The maximum atomic E-state index is 2.46. The number of anilines is 6. The van der Waals surface area contributed by atoms with Gasteiger partial charge in [0.2, 0.25) is 0 Å². The summed E-state index contributed by atoms with van der Waals surface area (Å²) in [6.45, 7) is 23.2. The quantitative estimate of drug-likeness (QED) is 0.126. The van der Waals surface area contributed by atoms with Gasteiger partial charge in [-0.25, -0.2) is 0 Å². The molecule has 0 atom stereocenters. The normalized spacial score (nSPS) is 14.7. The summed E-state index contributed by atoms with van der Waals surface area (Å²) in [6, 6.07) is 80.2. The van der Waals surface area contributed by atoms with Gasteiger partial charge in [-0.2, -0.15) is 0 Å². The van der Waals surface area contributed by atoms with Crippen molar-refractivity contribution in [3.63, 3.8) is 0 Å². The van der Waals surface area contributed by atoms with E-state index in [0.29, 0.717) is 5.92 Å². The second-order valence-corrected chi connectivity index (χ2v) is 24.2. The molecule has 382 valence electrons. The van der Waals surface area contributed by atoms with Gasteiger partial charge in [-0.05, 0) is 198 Å². The summed E-state index contributed by atoms with van der Waals surface area (Å²) in [5.74, 6) is 0.317. The molecule has 0 radical (unpaired) electrons. The van der Waals surface area contributed by atoms with E-state index < -0.39 is 0 Å². The molecule has 0 amide bonds. The third-order valence-electron chi connectivity index (χ3n) is 17.7. The summed E-state index contributed by atoms with van der Waals surface area (Å²) in [5, 5.41) is 0. The van der Waals surface area contributed by atoms with Crippen molar-refractivity contribution in [1.29, 1.82) is 0 Å². The van der Waals surface area contributed by atoms with Crippen molar-refractivity contribution < 1.29 is 0 Å². The molecule has 2 nitrogen and oxygen atoms in total. The Morgan fingerprint density at radius 2 is 0.667 bits per heavy atom. The van der Waals surface area contributed by atoms with Gasteiger partial charge in [0, 0.05) is 50.4 Å². The molecule has 0 aromatic heterocycles. The van der Waals surface area contributed by atoms with E-state index in [-0.39, 0.29) is 16.2 Å². The van der Waals surface area contributed by atoms with Crippen LogP contribution in [-0.4, -0.2) is 0 Å². The fraction of sp³-hybridized carbons (Fsp3) is 0.184. The standard InChI is InChI=1S/C76H68N2/c1-48(2)67-44-56(77(54-19-15-17-49(3)41-54)57-33-38-64-61-21-11-13-23-68(61)74(5,6)71(64)45-57)32-37-60(67)53-30-27-51(28-31-53)25-26-52-29-36-63-66-40-35-59(47-73(66)76(9,10)70(63)43-52)78(55-20-16-18-50(4)42-55)58-34-39-65-62-22-12-14-24-69(62)75(7,8)72(65)46-58/h11-48H,1-10H3. The lowest BCUT2D eigenvalue weighted by molar-refractivity contribution is 0.660. The van der Waals surface area contributed by atoms with Crippen LogP contribution in [0.5, 0.6) is 0 Å². The maximum Gasteiger partial charge on any atom is 0.0465 e. The van der Waals surface area contributed by atoms with E-state index >= 15 is 0 Å². The number of aryl methyl sites for hydroxylation is 2. The van der Waals surface area contributed by atoms with Gasteiger partial charge in [0.1, 0.15) is 0 Å². The number of nitrogens with zero attached hydrogens (tertiary/aromatic N) is 2. The minimum absolute atomic E-state index is 0.0898. The molecular formula is C76H68N2. The molecule has 78 heavy (non-hydrogen) atoms. The van der Waals surface area contributed by atoms with E-state index in [0.717, 1.165) is 11.4 Å². The van der Waals surface area contributed by atoms with Gasteiger partial charge >= 0.3 is 0 Å². The van der Waals surface area contributed by atoms with E-state index in [1.54, 1.807) is 0 Å². The monoisotopic (exact) mass is 1010 g/mol. The molecule has 2 heteroatoms. The lowest BCUT2D eigenvalue weighted by Crippen LogP contribution is -2.18. The molecule has 0 bridgehead atoms. The minimum atomic E-state index is -0.197. The number of hydrogen-bond donors (Lipinski definition) is 0. The molecule has 3 aliphatic carbocycles. The van der Waals surface area contributed by atoms with Crippen molar-refractivity contribution in [2.45, 2.75) is 91.4 Å². The van der Waals surface area contributed by atoms with Crippen molar-refractivity contribution in [1.82, 2.24) is 0 Å². The molecule has 0 spiro atoms. The van der Waals surface area contributed by atoms with Crippen molar-refractivity contribution in [2.24, 2.45) is 0 Å². The van der Waals surface area contributed by atoms with Gasteiger partial charge in [0.15, 0.2) is 0 Å². The topological polar surface area (TPSA) is 6.48 Å². The van der Waals surface area contributed by atoms with Crippen LogP contribution in [0.1, 0.15) is 123 Å². The Labute approximate surface area is 463 Å². The van der Waals surface area contributed by atoms with Crippen LogP contribution in [0.4, 0.5) is 34.1 Å². The van der Waals surface area contributed by atoms with Crippen molar-refractivity contribution in [3.8, 4) is 44.5 Å². The molecule has 0 fully saturated rings. The lowest BCUT2D eigenvalue weighted by atomic mass is 9.81. The smallest absolute Gasteiger partial charge is 0.0465 e. The first kappa shape index (κ1) is 49.1. The number of fused-ring (bicyclic) bond motifs is 9. The van der Waals surface area contributed by atoms with Crippen LogP contribution >= 0.6 is 0 Å². The predicted octanol–water partition coefficient (Wildman–Crippen LogP) is 21.1. The average molecular weight is 1010 g/mol. The zero-order valence-electron chi connectivity index (χ0n) is 46.8. The van der Waals surface area contributed by atoms with Crippen LogP contribution in [0.2, 0.25) is 0 Å². The van der Waals surface area contributed by atoms with Gasteiger partial charge in [0.25, 0.3) is 0 Å². The van der Waals surface area contributed by atoms with Gasteiger partial charge in [-0.1, -0.05) is 207 Å². The molecule has 0 N–H and O–H groups in total.